The predicted octanol–water partition coefficient (Wildman–Crippen LogP) is 1.74. The van der Waals surface area contributed by atoms with E-state index in [4.69, 9.17) is 14.9 Å². The largest absolute Gasteiger partial charge is 0.508 e. The normalized spacial score (nSPS) is 11.7. The predicted molar refractivity (Wildman–Crippen MR) is 121 cm³/mol. The highest BCUT2D eigenvalue weighted by atomic mass is 16.5. The van der Waals surface area contributed by atoms with Gasteiger partial charge in [-0.1, -0.05) is 36.4 Å². The minimum atomic E-state index is -0.728. The van der Waals surface area contributed by atoms with Crippen molar-refractivity contribution in [3.63, 3.8) is 0 Å². The van der Waals surface area contributed by atoms with Crippen LogP contribution in [-0.2, 0) is 11.5 Å². The molecule has 5 aromatic rings. The van der Waals surface area contributed by atoms with Crippen LogP contribution in [0.5, 0.6) is 5.75 Å². The first-order valence-corrected chi connectivity index (χ1v) is 10.3. The molecule has 3 aromatic heterocycles. The molecule has 0 fully saturated rings. The van der Waals surface area contributed by atoms with Crippen molar-refractivity contribution in [2.75, 3.05) is 13.2 Å². The second-order valence-electron chi connectivity index (χ2n) is 7.57. The molecule has 0 saturated heterocycles. The van der Waals surface area contributed by atoms with Gasteiger partial charge < -0.3 is 25.0 Å². The van der Waals surface area contributed by atoms with Crippen molar-refractivity contribution in [2.45, 2.75) is 12.8 Å². The Hall–Kier alpha value is -3.99. The number of nitrogens with one attached hydrogen (secondary N) is 1. The Bertz CT molecular complexity index is 1460. The molecule has 0 aliphatic rings. The lowest BCUT2D eigenvalue weighted by Gasteiger charge is -2.12. The van der Waals surface area contributed by atoms with Gasteiger partial charge in [-0.3, -0.25) is 9.36 Å². The number of aromatic hydroxyl groups is 1. The monoisotopic (exact) mass is 447 g/mol. The van der Waals surface area contributed by atoms with Gasteiger partial charge in [0, 0.05) is 6.20 Å². The number of nitrogens with zero attached hydrogens (tertiary/aromatic N) is 4. The van der Waals surface area contributed by atoms with Crippen LogP contribution in [0, 0.1) is 0 Å². The number of hydrogen-bond donors (Lipinski definition) is 4. The average Bonchev–Trinajstić information content (AvgIpc) is 3.46. The summed E-state index contributed by atoms with van der Waals surface area (Å²) < 4.78 is 8.38. The molecule has 0 aliphatic carbocycles. The zero-order chi connectivity index (χ0) is 22.9. The molecule has 0 unspecified atom stereocenters. The third-order valence-corrected chi connectivity index (χ3v) is 5.43. The Morgan fingerprint density at radius 3 is 2.27 bits per heavy atom. The third kappa shape index (κ3) is 3.87. The molecule has 0 aliphatic heterocycles. The smallest absolute Gasteiger partial charge is 0.287 e. The number of aromatic nitrogens is 5. The van der Waals surface area contributed by atoms with E-state index in [-0.39, 0.29) is 36.8 Å². The number of H-pyrrole nitrogens is 1. The molecule has 10 nitrogen and oxygen atoms in total. The molecule has 10 heteroatoms. The van der Waals surface area contributed by atoms with Gasteiger partial charge in [0.15, 0.2) is 11.2 Å². The molecular weight excluding hydrogens is 426 g/mol. The number of hydrogen-bond acceptors (Lipinski definition) is 7. The molecule has 0 atom stereocenters. The summed E-state index contributed by atoms with van der Waals surface area (Å²) in [6.45, 7) is -0.666. The van der Waals surface area contributed by atoms with Crippen LogP contribution in [0.3, 0.4) is 0 Å². The second kappa shape index (κ2) is 8.51. The number of aromatic amines is 1. The third-order valence-electron chi connectivity index (χ3n) is 5.43. The van der Waals surface area contributed by atoms with Gasteiger partial charge >= 0.3 is 0 Å². The maximum Gasteiger partial charge on any atom is 0.287 e. The van der Waals surface area contributed by atoms with E-state index in [0.717, 1.165) is 16.7 Å². The second-order valence-corrected chi connectivity index (χ2v) is 7.57. The summed E-state index contributed by atoms with van der Waals surface area (Å²) >= 11 is 0. The van der Waals surface area contributed by atoms with E-state index in [0.29, 0.717) is 17.1 Å². The lowest BCUT2D eigenvalue weighted by molar-refractivity contribution is -0.0488. The standard InChI is InChI=1S/C23H21N5O5/c29-10-18(11-30)33-13-27-12-24-20-21(27)26-23-25-19(9-28(23)22(20)32)16-3-1-14(2-4-16)15-5-7-17(31)8-6-15/h1-9,12,18,29-31H,10-11,13H2,(H,25,26). The fourth-order valence-corrected chi connectivity index (χ4v) is 3.58. The topological polar surface area (TPSA) is 138 Å². The molecule has 0 bridgehead atoms. The van der Waals surface area contributed by atoms with Gasteiger partial charge in [-0.25, -0.2) is 9.38 Å². The van der Waals surface area contributed by atoms with E-state index in [1.165, 1.54) is 10.7 Å². The molecule has 2 aromatic carbocycles. The number of benzene rings is 2. The molecular formula is C23H21N5O5. The highest BCUT2D eigenvalue weighted by molar-refractivity contribution is 5.74. The number of aliphatic hydroxyl groups excluding tert-OH is 2. The zero-order valence-corrected chi connectivity index (χ0v) is 17.4. The van der Waals surface area contributed by atoms with Crippen molar-refractivity contribution >= 4 is 16.9 Å². The number of fused-ring (bicyclic) bond motifs is 2. The average molecular weight is 447 g/mol. The van der Waals surface area contributed by atoms with E-state index >= 15 is 0 Å². The van der Waals surface area contributed by atoms with Gasteiger partial charge in [0.25, 0.3) is 5.56 Å². The summed E-state index contributed by atoms with van der Waals surface area (Å²) in [4.78, 5) is 24.8. The van der Waals surface area contributed by atoms with Crippen molar-refractivity contribution < 1.29 is 20.1 Å². The van der Waals surface area contributed by atoms with Gasteiger partial charge in [0.1, 0.15) is 18.6 Å². The van der Waals surface area contributed by atoms with Gasteiger partial charge in [-0.2, -0.15) is 4.98 Å². The minimum absolute atomic E-state index is 0.0167. The number of phenols is 1. The molecule has 5 rings (SSSR count). The number of phenolic OH excluding ortho intramolecular Hbond substituents is 1. The van der Waals surface area contributed by atoms with E-state index < -0.39 is 6.10 Å². The number of rotatable bonds is 7. The molecule has 3 heterocycles. The lowest BCUT2D eigenvalue weighted by Crippen LogP contribution is -2.23. The highest BCUT2D eigenvalue weighted by Crippen LogP contribution is 2.25. The minimum Gasteiger partial charge on any atom is -0.508 e. The van der Waals surface area contributed by atoms with Crippen molar-refractivity contribution in [3.8, 4) is 28.1 Å². The van der Waals surface area contributed by atoms with Gasteiger partial charge in [0.05, 0.1) is 25.2 Å². The number of ether oxygens (including phenoxy) is 1. The molecule has 0 radical (unpaired) electrons. The molecule has 4 N–H and O–H groups in total. The van der Waals surface area contributed by atoms with Crippen molar-refractivity contribution in [2.24, 2.45) is 0 Å². The molecule has 33 heavy (non-hydrogen) atoms. The van der Waals surface area contributed by atoms with Crippen molar-refractivity contribution in [3.05, 3.63) is 71.4 Å². The zero-order valence-electron chi connectivity index (χ0n) is 17.4. The molecule has 0 amide bonds. The first kappa shape index (κ1) is 20.9. The quantitative estimate of drug-likeness (QED) is 0.298. The Kier molecular flexibility index (Phi) is 5.38. The number of imidazole rings is 2. The number of aliphatic hydroxyl groups is 2. The van der Waals surface area contributed by atoms with Crippen LogP contribution in [0.25, 0.3) is 39.3 Å². The Labute approximate surface area is 187 Å². The van der Waals surface area contributed by atoms with Gasteiger partial charge in [0.2, 0.25) is 5.78 Å². The van der Waals surface area contributed by atoms with Crippen LogP contribution < -0.4 is 5.56 Å². The van der Waals surface area contributed by atoms with Crippen molar-refractivity contribution in [1.29, 1.82) is 0 Å². The maximum absolute atomic E-state index is 12.9. The van der Waals surface area contributed by atoms with E-state index in [1.807, 2.05) is 36.4 Å². The van der Waals surface area contributed by atoms with Gasteiger partial charge in [-0.15, -0.1) is 0 Å². The summed E-state index contributed by atoms with van der Waals surface area (Å²) in [7, 11) is 0. The van der Waals surface area contributed by atoms with Crippen molar-refractivity contribution in [1.82, 2.24) is 23.9 Å². The summed E-state index contributed by atoms with van der Waals surface area (Å²) in [5.41, 5.74) is 3.78. The Morgan fingerprint density at radius 2 is 1.61 bits per heavy atom. The van der Waals surface area contributed by atoms with E-state index in [1.54, 1.807) is 22.9 Å². The van der Waals surface area contributed by atoms with Crippen LogP contribution in [0.4, 0.5) is 0 Å². The Balaban J connectivity index is 1.48. The fourth-order valence-electron chi connectivity index (χ4n) is 3.58. The maximum atomic E-state index is 12.9. The van der Waals surface area contributed by atoms with E-state index in [2.05, 4.69) is 15.0 Å². The van der Waals surface area contributed by atoms with Crippen LogP contribution in [-0.4, -0.2) is 58.6 Å². The van der Waals surface area contributed by atoms with Crippen LogP contribution in [0.15, 0.2) is 65.8 Å². The van der Waals surface area contributed by atoms with Gasteiger partial charge in [-0.05, 0) is 28.8 Å². The van der Waals surface area contributed by atoms with E-state index in [9.17, 15) is 9.90 Å². The fraction of sp³-hybridized carbons (Fsp3) is 0.174. The Morgan fingerprint density at radius 1 is 0.970 bits per heavy atom. The summed E-state index contributed by atoms with van der Waals surface area (Å²) in [5, 5.41) is 27.8. The lowest BCUT2D eigenvalue weighted by atomic mass is 10.0. The first-order chi connectivity index (χ1) is 16.1. The summed E-state index contributed by atoms with van der Waals surface area (Å²) in [6, 6.07) is 14.8. The molecule has 0 saturated carbocycles. The molecule has 0 spiro atoms. The van der Waals surface area contributed by atoms with Crippen LogP contribution in [0.1, 0.15) is 0 Å². The first-order valence-electron chi connectivity index (χ1n) is 10.3. The van der Waals surface area contributed by atoms with Crippen LogP contribution in [0.2, 0.25) is 0 Å². The molecule has 168 valence electrons. The van der Waals surface area contributed by atoms with Crippen LogP contribution >= 0.6 is 0 Å². The summed E-state index contributed by atoms with van der Waals surface area (Å²) in [5.74, 6) is 0.571. The SMILES string of the molecule is O=c1c2ncn(COC(CO)CO)c2nc2[nH]c(-c3ccc(-c4ccc(O)cc4)cc3)cn12. The summed E-state index contributed by atoms with van der Waals surface area (Å²) in [6.07, 6.45) is 2.39. The highest BCUT2D eigenvalue weighted by Gasteiger charge is 2.15.